The lowest BCUT2D eigenvalue weighted by atomic mass is 10.1. The van der Waals surface area contributed by atoms with Crippen LogP contribution < -0.4 is 5.32 Å². The number of hydrogen-bond donors (Lipinski definition) is 2. The largest absolute Gasteiger partial charge is 0.481 e. The molecule has 1 unspecified atom stereocenters. The predicted molar refractivity (Wildman–Crippen MR) is 61.2 cm³/mol. The van der Waals surface area contributed by atoms with Gasteiger partial charge in [-0.2, -0.15) is 0 Å². The number of carboxylic acids is 1. The van der Waals surface area contributed by atoms with Gasteiger partial charge in [0.05, 0.1) is 6.42 Å². The Morgan fingerprint density at radius 3 is 2.73 bits per heavy atom. The van der Waals surface area contributed by atoms with E-state index in [1.807, 2.05) is 24.3 Å². The highest BCUT2D eigenvalue weighted by molar-refractivity contribution is 5.73. The molecule has 0 saturated heterocycles. The number of carbonyl (C=O) groups is 1. The Morgan fingerprint density at radius 2 is 2.13 bits per heavy atom. The fourth-order valence-corrected chi connectivity index (χ4v) is 1.35. The fraction of sp³-hybridized carbons (Fsp3) is 0.417. The Hall–Kier alpha value is -1.51. The van der Waals surface area contributed by atoms with Gasteiger partial charge in [0.15, 0.2) is 0 Å². The first kappa shape index (κ1) is 11.6. The number of aliphatic carboxylic acids is 1. The van der Waals surface area contributed by atoms with Gasteiger partial charge in [0.1, 0.15) is 0 Å². The molecule has 0 amide bonds. The molecule has 0 aromatic heterocycles. The molecule has 0 radical (unpaired) electrons. The number of para-hydroxylation sites is 1. The van der Waals surface area contributed by atoms with E-state index in [0.29, 0.717) is 6.04 Å². The van der Waals surface area contributed by atoms with Crippen molar-refractivity contribution in [1.29, 1.82) is 0 Å². The van der Waals surface area contributed by atoms with Crippen LogP contribution >= 0.6 is 0 Å². The summed E-state index contributed by atoms with van der Waals surface area (Å²) in [4.78, 5) is 10.6. The minimum Gasteiger partial charge on any atom is -0.481 e. The first-order chi connectivity index (χ1) is 7.13. The van der Waals surface area contributed by atoms with E-state index in [1.54, 1.807) is 0 Å². The van der Waals surface area contributed by atoms with Gasteiger partial charge in [0.25, 0.3) is 0 Å². The zero-order chi connectivity index (χ0) is 11.3. The maximum absolute atomic E-state index is 10.6. The second-order valence-electron chi connectivity index (χ2n) is 3.68. The Labute approximate surface area is 90.1 Å². The first-order valence-corrected chi connectivity index (χ1v) is 5.19. The van der Waals surface area contributed by atoms with Gasteiger partial charge >= 0.3 is 5.97 Å². The first-order valence-electron chi connectivity index (χ1n) is 5.19. The van der Waals surface area contributed by atoms with Crippen LogP contribution in [0.2, 0.25) is 0 Å². The van der Waals surface area contributed by atoms with Gasteiger partial charge in [0.2, 0.25) is 0 Å². The average molecular weight is 207 g/mol. The molecule has 3 heteroatoms. The number of benzene rings is 1. The molecule has 0 aliphatic heterocycles. The van der Waals surface area contributed by atoms with Gasteiger partial charge in [-0.3, -0.25) is 4.79 Å². The van der Waals surface area contributed by atoms with Gasteiger partial charge in [0, 0.05) is 11.7 Å². The van der Waals surface area contributed by atoms with Gasteiger partial charge in [-0.05, 0) is 25.0 Å². The quantitative estimate of drug-likeness (QED) is 0.780. The molecule has 3 nitrogen and oxygen atoms in total. The molecule has 1 rings (SSSR count). The Kier molecular flexibility index (Phi) is 4.16. The molecule has 1 atom stereocenters. The van der Waals surface area contributed by atoms with E-state index in [4.69, 9.17) is 5.11 Å². The van der Waals surface area contributed by atoms with Crippen LogP contribution in [0.3, 0.4) is 0 Å². The highest BCUT2D eigenvalue weighted by atomic mass is 16.4. The minimum absolute atomic E-state index is 0.0691. The maximum atomic E-state index is 10.6. The summed E-state index contributed by atoms with van der Waals surface area (Å²) >= 11 is 0. The summed E-state index contributed by atoms with van der Waals surface area (Å²) in [6.45, 7) is 4.18. The van der Waals surface area contributed by atoms with Gasteiger partial charge in [-0.25, -0.2) is 0 Å². The fourth-order valence-electron chi connectivity index (χ4n) is 1.35. The lowest BCUT2D eigenvalue weighted by Crippen LogP contribution is -2.15. The molecular formula is C12H17NO2. The van der Waals surface area contributed by atoms with Crippen LogP contribution in [0.4, 0.5) is 5.69 Å². The van der Waals surface area contributed by atoms with E-state index in [2.05, 4.69) is 19.2 Å². The minimum atomic E-state index is -0.798. The molecule has 0 aliphatic carbocycles. The van der Waals surface area contributed by atoms with E-state index < -0.39 is 5.97 Å². The highest BCUT2D eigenvalue weighted by Crippen LogP contribution is 2.17. The summed E-state index contributed by atoms with van der Waals surface area (Å²) in [5, 5.41) is 12.1. The van der Waals surface area contributed by atoms with E-state index in [0.717, 1.165) is 17.7 Å². The van der Waals surface area contributed by atoms with E-state index >= 15 is 0 Å². The van der Waals surface area contributed by atoms with E-state index in [9.17, 15) is 4.79 Å². The topological polar surface area (TPSA) is 49.3 Å². The molecule has 0 aliphatic rings. The number of anilines is 1. The Balaban J connectivity index is 2.81. The van der Waals surface area contributed by atoms with Crippen LogP contribution in [0.25, 0.3) is 0 Å². The van der Waals surface area contributed by atoms with Crippen molar-refractivity contribution in [3.8, 4) is 0 Å². The zero-order valence-corrected chi connectivity index (χ0v) is 9.16. The molecule has 82 valence electrons. The Morgan fingerprint density at radius 1 is 1.47 bits per heavy atom. The van der Waals surface area contributed by atoms with Crippen molar-refractivity contribution in [3.05, 3.63) is 29.8 Å². The van der Waals surface area contributed by atoms with Crippen LogP contribution in [0.5, 0.6) is 0 Å². The smallest absolute Gasteiger partial charge is 0.307 e. The van der Waals surface area contributed by atoms with Crippen LogP contribution in [0.15, 0.2) is 24.3 Å². The predicted octanol–water partition coefficient (Wildman–Crippen LogP) is 2.52. The van der Waals surface area contributed by atoms with Crippen LogP contribution in [-0.4, -0.2) is 17.1 Å². The molecule has 2 N–H and O–H groups in total. The normalized spacial score (nSPS) is 12.1. The summed E-state index contributed by atoms with van der Waals surface area (Å²) in [6.07, 6.45) is 1.08. The number of rotatable bonds is 5. The number of carboxylic acid groups (broad SMARTS) is 1. The molecule has 1 aromatic rings. The van der Waals surface area contributed by atoms with E-state index in [-0.39, 0.29) is 6.42 Å². The summed E-state index contributed by atoms with van der Waals surface area (Å²) in [7, 11) is 0. The number of nitrogens with one attached hydrogen (secondary N) is 1. The maximum Gasteiger partial charge on any atom is 0.307 e. The molecule has 0 heterocycles. The molecule has 15 heavy (non-hydrogen) atoms. The van der Waals surface area contributed by atoms with Gasteiger partial charge < -0.3 is 10.4 Å². The zero-order valence-electron chi connectivity index (χ0n) is 9.16. The van der Waals surface area contributed by atoms with Crippen LogP contribution in [0.1, 0.15) is 25.8 Å². The Bertz CT molecular complexity index is 336. The summed E-state index contributed by atoms with van der Waals surface area (Å²) in [6, 6.07) is 7.90. The molecule has 0 spiro atoms. The van der Waals surface area contributed by atoms with Crippen molar-refractivity contribution in [2.45, 2.75) is 32.7 Å². The lowest BCUT2D eigenvalue weighted by molar-refractivity contribution is -0.136. The number of hydrogen-bond acceptors (Lipinski definition) is 2. The van der Waals surface area contributed by atoms with E-state index in [1.165, 1.54) is 0 Å². The third-order valence-electron chi connectivity index (χ3n) is 2.37. The van der Waals surface area contributed by atoms with Crippen molar-refractivity contribution in [1.82, 2.24) is 0 Å². The van der Waals surface area contributed by atoms with Crippen molar-refractivity contribution in [3.63, 3.8) is 0 Å². The SMILES string of the molecule is CCC(C)Nc1ccccc1CC(=O)O. The third kappa shape index (κ3) is 3.62. The third-order valence-corrected chi connectivity index (χ3v) is 2.37. The van der Waals surface area contributed by atoms with Crippen molar-refractivity contribution < 1.29 is 9.90 Å². The summed E-state index contributed by atoms with van der Waals surface area (Å²) in [5.74, 6) is -0.798. The molecular weight excluding hydrogens is 190 g/mol. The van der Waals surface area contributed by atoms with Gasteiger partial charge in [-0.1, -0.05) is 25.1 Å². The lowest BCUT2D eigenvalue weighted by Gasteiger charge is -2.15. The van der Waals surface area contributed by atoms with Crippen molar-refractivity contribution >= 4 is 11.7 Å². The second-order valence-corrected chi connectivity index (χ2v) is 3.68. The molecule has 0 saturated carbocycles. The van der Waals surface area contributed by atoms with Crippen molar-refractivity contribution in [2.75, 3.05) is 5.32 Å². The second kappa shape index (κ2) is 5.39. The molecule has 0 bridgehead atoms. The molecule has 1 aromatic carbocycles. The summed E-state index contributed by atoms with van der Waals surface area (Å²) < 4.78 is 0. The highest BCUT2D eigenvalue weighted by Gasteiger charge is 2.07. The van der Waals surface area contributed by atoms with Crippen molar-refractivity contribution in [2.24, 2.45) is 0 Å². The monoisotopic (exact) mass is 207 g/mol. The van der Waals surface area contributed by atoms with Crippen LogP contribution in [0, 0.1) is 0 Å². The van der Waals surface area contributed by atoms with Crippen LogP contribution in [-0.2, 0) is 11.2 Å². The molecule has 0 fully saturated rings. The van der Waals surface area contributed by atoms with Gasteiger partial charge in [-0.15, -0.1) is 0 Å². The summed E-state index contributed by atoms with van der Waals surface area (Å²) in [5.41, 5.74) is 1.76. The standard InChI is InChI=1S/C12H17NO2/c1-3-9(2)13-11-7-5-4-6-10(11)8-12(14)15/h4-7,9,13H,3,8H2,1-2H3,(H,14,15). The average Bonchev–Trinajstić information content (AvgIpc) is 2.20.